The molecule has 1 aromatic rings. The number of hydrogen-bond acceptors (Lipinski definition) is 4. The normalized spacial score (nSPS) is 14.0. The molecule has 0 aromatic heterocycles. The lowest BCUT2D eigenvalue weighted by molar-refractivity contribution is 0.00683. The summed E-state index contributed by atoms with van der Waals surface area (Å²) in [5.74, 6) is 1.46. The van der Waals surface area contributed by atoms with Crippen LogP contribution >= 0.6 is 0 Å². The third kappa shape index (κ3) is 3.98. The summed E-state index contributed by atoms with van der Waals surface area (Å²) in [7, 11) is 1.94. The average molecular weight is 284 g/mol. The molecule has 0 saturated carbocycles. The van der Waals surface area contributed by atoms with Crippen LogP contribution in [-0.4, -0.2) is 18.8 Å². The highest BCUT2D eigenvalue weighted by molar-refractivity contribution is 6.65. The van der Waals surface area contributed by atoms with Gasteiger partial charge in [0.15, 0.2) is 7.28 Å². The molecule has 5 heteroatoms. The third-order valence-corrected chi connectivity index (χ3v) is 2.91. The number of esters is 1. The second kappa shape index (κ2) is 6.18. The fourth-order valence-electron chi connectivity index (χ4n) is 1.98. The molecule has 2 rings (SSSR count). The smallest absolute Gasteiger partial charge is 0.338 e. The van der Waals surface area contributed by atoms with E-state index in [-0.39, 0.29) is 12.5 Å². The molecule has 1 radical (unpaired) electrons. The van der Waals surface area contributed by atoms with Crippen molar-refractivity contribution in [2.75, 3.05) is 0 Å². The Labute approximate surface area is 125 Å². The Morgan fingerprint density at radius 3 is 2.71 bits per heavy atom. The second-order valence-corrected chi connectivity index (χ2v) is 5.78. The standard InChI is InChI=1S/C16H19BNO3/c1-16(2,3)21-15(19)13-5-4-11(8-12(13)9-18)14-10-20-7-6-17-14/h4-8,10H,9,18H2,1-3H3. The van der Waals surface area contributed by atoms with Gasteiger partial charge in [0.25, 0.3) is 0 Å². The van der Waals surface area contributed by atoms with E-state index in [1.165, 1.54) is 0 Å². The van der Waals surface area contributed by atoms with E-state index >= 15 is 0 Å². The fourth-order valence-corrected chi connectivity index (χ4v) is 1.98. The lowest BCUT2D eigenvalue weighted by Gasteiger charge is -2.21. The number of ether oxygens (including phenoxy) is 2. The van der Waals surface area contributed by atoms with E-state index in [1.54, 1.807) is 18.6 Å². The van der Waals surface area contributed by atoms with Crippen molar-refractivity contribution in [2.45, 2.75) is 32.9 Å². The minimum absolute atomic E-state index is 0.270. The van der Waals surface area contributed by atoms with E-state index < -0.39 is 5.60 Å². The van der Waals surface area contributed by atoms with Gasteiger partial charge in [-0.05, 0) is 43.4 Å². The molecule has 0 amide bonds. The average Bonchev–Trinajstić information content (AvgIpc) is 2.45. The van der Waals surface area contributed by atoms with Crippen molar-refractivity contribution >= 4 is 18.7 Å². The summed E-state index contributed by atoms with van der Waals surface area (Å²) in [6.07, 6.45) is 3.26. The van der Waals surface area contributed by atoms with Gasteiger partial charge < -0.3 is 15.2 Å². The second-order valence-electron chi connectivity index (χ2n) is 5.78. The molecule has 1 aromatic carbocycles. The molecular weight excluding hydrogens is 265 g/mol. The SMILES string of the molecule is CC(C)(C)OC(=O)c1ccc(C2=COC=C[B]2)cc1CN. The first kappa shape index (κ1) is 15.4. The van der Waals surface area contributed by atoms with Gasteiger partial charge in [-0.2, -0.15) is 0 Å². The highest BCUT2D eigenvalue weighted by atomic mass is 16.6. The minimum Gasteiger partial charge on any atom is -0.474 e. The Kier molecular flexibility index (Phi) is 4.53. The quantitative estimate of drug-likeness (QED) is 0.684. The summed E-state index contributed by atoms with van der Waals surface area (Å²) in [5, 5.41) is 0. The molecule has 0 atom stereocenters. The Morgan fingerprint density at radius 1 is 1.38 bits per heavy atom. The van der Waals surface area contributed by atoms with Gasteiger partial charge in [-0.3, -0.25) is 0 Å². The maximum Gasteiger partial charge on any atom is 0.338 e. The number of hydrogen-bond donors (Lipinski definition) is 1. The fraction of sp³-hybridized carbons (Fsp3) is 0.312. The predicted molar refractivity (Wildman–Crippen MR) is 83.5 cm³/mol. The Bertz CT molecular complexity index is 600. The van der Waals surface area contributed by atoms with Gasteiger partial charge in [-0.25, -0.2) is 4.79 Å². The van der Waals surface area contributed by atoms with Crippen molar-refractivity contribution in [1.82, 2.24) is 0 Å². The number of carbonyl (C=O) groups is 1. The van der Waals surface area contributed by atoms with Crippen LogP contribution in [0.2, 0.25) is 0 Å². The van der Waals surface area contributed by atoms with Crippen LogP contribution < -0.4 is 5.73 Å². The van der Waals surface area contributed by atoms with Crippen LogP contribution in [0.1, 0.15) is 42.3 Å². The number of rotatable bonds is 3. The summed E-state index contributed by atoms with van der Waals surface area (Å²) in [6.45, 7) is 5.79. The molecule has 0 saturated heterocycles. The lowest BCUT2D eigenvalue weighted by atomic mass is 9.67. The molecule has 0 aliphatic carbocycles. The summed E-state index contributed by atoms with van der Waals surface area (Å²) >= 11 is 0. The van der Waals surface area contributed by atoms with Gasteiger partial charge in [-0.1, -0.05) is 18.1 Å². The summed E-state index contributed by atoms with van der Waals surface area (Å²) in [4.78, 5) is 12.2. The first-order valence-corrected chi connectivity index (χ1v) is 6.83. The molecule has 21 heavy (non-hydrogen) atoms. The number of carbonyl (C=O) groups excluding carboxylic acids is 1. The van der Waals surface area contributed by atoms with Crippen LogP contribution in [0.5, 0.6) is 0 Å². The van der Waals surface area contributed by atoms with Crippen LogP contribution in [0.15, 0.2) is 36.7 Å². The minimum atomic E-state index is -0.528. The summed E-state index contributed by atoms with van der Waals surface area (Å²) in [6, 6.07) is 5.51. The van der Waals surface area contributed by atoms with E-state index in [0.29, 0.717) is 5.56 Å². The van der Waals surface area contributed by atoms with Crippen LogP contribution in [0.25, 0.3) is 5.47 Å². The maximum atomic E-state index is 12.2. The first-order valence-electron chi connectivity index (χ1n) is 6.83. The van der Waals surface area contributed by atoms with Gasteiger partial charge in [-0.15, -0.1) is 0 Å². The summed E-state index contributed by atoms with van der Waals surface area (Å²) < 4.78 is 10.6. The van der Waals surface area contributed by atoms with Gasteiger partial charge in [0.2, 0.25) is 0 Å². The van der Waals surface area contributed by atoms with Gasteiger partial charge >= 0.3 is 5.97 Å². The van der Waals surface area contributed by atoms with Crippen molar-refractivity contribution in [3.8, 4) is 0 Å². The monoisotopic (exact) mass is 284 g/mol. The summed E-state index contributed by atoms with van der Waals surface area (Å²) in [5.41, 5.74) is 8.38. The largest absolute Gasteiger partial charge is 0.474 e. The lowest BCUT2D eigenvalue weighted by Crippen LogP contribution is -2.25. The molecule has 109 valence electrons. The van der Waals surface area contributed by atoms with E-state index in [9.17, 15) is 4.79 Å². The van der Waals surface area contributed by atoms with E-state index in [2.05, 4.69) is 0 Å². The molecule has 0 unspecified atom stereocenters. The van der Waals surface area contributed by atoms with Crippen LogP contribution in [-0.2, 0) is 16.0 Å². The van der Waals surface area contributed by atoms with E-state index in [0.717, 1.165) is 16.6 Å². The molecule has 2 N–H and O–H groups in total. The van der Waals surface area contributed by atoms with Crippen molar-refractivity contribution in [3.63, 3.8) is 0 Å². The zero-order valence-corrected chi connectivity index (χ0v) is 12.6. The Hall–Kier alpha value is -2.01. The highest BCUT2D eigenvalue weighted by Gasteiger charge is 2.20. The first-order chi connectivity index (χ1) is 9.90. The van der Waals surface area contributed by atoms with Gasteiger partial charge in [0.1, 0.15) is 5.60 Å². The van der Waals surface area contributed by atoms with E-state index in [1.807, 2.05) is 46.2 Å². The van der Waals surface area contributed by atoms with Crippen molar-refractivity contribution in [3.05, 3.63) is 53.4 Å². The van der Waals surface area contributed by atoms with Crippen molar-refractivity contribution < 1.29 is 14.3 Å². The predicted octanol–water partition coefficient (Wildman–Crippen LogP) is 2.60. The van der Waals surface area contributed by atoms with Gasteiger partial charge in [0, 0.05) is 6.54 Å². The van der Waals surface area contributed by atoms with Gasteiger partial charge in [0.05, 0.1) is 18.1 Å². The topological polar surface area (TPSA) is 61.5 Å². The highest BCUT2D eigenvalue weighted by Crippen LogP contribution is 2.22. The zero-order chi connectivity index (χ0) is 15.5. The van der Waals surface area contributed by atoms with Crippen LogP contribution in [0.3, 0.4) is 0 Å². The molecule has 4 nitrogen and oxygen atoms in total. The Morgan fingerprint density at radius 2 is 2.14 bits per heavy atom. The molecule has 1 aliphatic rings. The zero-order valence-electron chi connectivity index (χ0n) is 12.6. The molecule has 1 heterocycles. The van der Waals surface area contributed by atoms with E-state index in [4.69, 9.17) is 15.2 Å². The van der Waals surface area contributed by atoms with Crippen molar-refractivity contribution in [2.24, 2.45) is 5.73 Å². The number of benzene rings is 1. The number of nitrogens with two attached hydrogens (primary N) is 1. The molecule has 0 fully saturated rings. The molecule has 0 bridgehead atoms. The van der Waals surface area contributed by atoms with Crippen LogP contribution in [0.4, 0.5) is 0 Å². The molecule has 1 aliphatic heterocycles. The third-order valence-electron chi connectivity index (χ3n) is 2.91. The van der Waals surface area contributed by atoms with Crippen molar-refractivity contribution in [1.29, 1.82) is 0 Å². The van der Waals surface area contributed by atoms with Crippen LogP contribution in [0, 0.1) is 0 Å². The Balaban J connectivity index is 2.28. The molecular formula is C16H19BNO3. The maximum absolute atomic E-state index is 12.2. The molecule has 0 spiro atoms.